The molecule has 0 aliphatic heterocycles. The van der Waals surface area contributed by atoms with Crippen LogP contribution in [-0.2, 0) is 22.4 Å². The van der Waals surface area contributed by atoms with Crippen LogP contribution in [-0.4, -0.2) is 23.8 Å². The highest BCUT2D eigenvalue weighted by molar-refractivity contribution is 6.22. The zero-order chi connectivity index (χ0) is 19.3. The zero-order valence-electron chi connectivity index (χ0n) is 16.2. The lowest BCUT2D eigenvalue weighted by molar-refractivity contribution is -0.131. The summed E-state index contributed by atoms with van der Waals surface area (Å²) in [6.45, 7) is 4.77. The van der Waals surface area contributed by atoms with Crippen LogP contribution in [0.2, 0.25) is 0 Å². The van der Waals surface area contributed by atoms with Gasteiger partial charge in [0.1, 0.15) is 11.7 Å². The molecule has 140 valence electrons. The average Bonchev–Trinajstić information content (AvgIpc) is 2.62. The van der Waals surface area contributed by atoms with Crippen LogP contribution in [0.1, 0.15) is 37.8 Å². The van der Waals surface area contributed by atoms with E-state index in [4.69, 9.17) is 4.99 Å². The Labute approximate surface area is 161 Å². The van der Waals surface area contributed by atoms with Crippen LogP contribution in [0.5, 0.6) is 0 Å². The van der Waals surface area contributed by atoms with E-state index >= 15 is 0 Å². The van der Waals surface area contributed by atoms with Crippen molar-refractivity contribution in [2.75, 3.05) is 6.54 Å². The monoisotopic (exact) mass is 361 g/mol. The molecule has 1 atom stereocenters. The van der Waals surface area contributed by atoms with Crippen LogP contribution in [0, 0.1) is 11.3 Å². The van der Waals surface area contributed by atoms with Crippen molar-refractivity contribution in [1.82, 2.24) is 0 Å². The van der Waals surface area contributed by atoms with E-state index in [1.165, 1.54) is 5.56 Å². The van der Waals surface area contributed by atoms with Crippen LogP contribution in [0.4, 0.5) is 0 Å². The van der Waals surface area contributed by atoms with Gasteiger partial charge in [0.15, 0.2) is 5.78 Å². The quantitative estimate of drug-likeness (QED) is 0.712. The van der Waals surface area contributed by atoms with Crippen molar-refractivity contribution in [2.45, 2.75) is 39.5 Å². The highest BCUT2D eigenvalue weighted by atomic mass is 16.2. The van der Waals surface area contributed by atoms with Crippen LogP contribution >= 0.6 is 0 Å². The number of Topliss-reactive ketones (excluding diaryl/α,β-unsaturated/α-hetero) is 2. The predicted octanol–water partition coefficient (Wildman–Crippen LogP) is 4.49. The van der Waals surface area contributed by atoms with Gasteiger partial charge in [-0.25, -0.2) is 0 Å². The molecule has 2 aromatic rings. The standard InChI is InChI=1S/C24H27NO2/c1-24(2)16-20(25-14-13-18-9-5-3-6-10-18)23(22(27)17-24)21(26)15-19-11-7-4-8-12-19/h3-12,23H,13-17H2,1-2H3. The summed E-state index contributed by atoms with van der Waals surface area (Å²) in [5.74, 6) is -0.681. The summed E-state index contributed by atoms with van der Waals surface area (Å²) in [5.41, 5.74) is 2.80. The molecule has 1 aliphatic carbocycles. The molecule has 1 fully saturated rings. The molecule has 3 nitrogen and oxygen atoms in total. The summed E-state index contributed by atoms with van der Waals surface area (Å²) in [4.78, 5) is 30.5. The SMILES string of the molecule is CC1(C)CC(=O)C(C(=O)Cc2ccccc2)C(=NCCc2ccccc2)C1. The van der Waals surface area contributed by atoms with Gasteiger partial charge in [-0.3, -0.25) is 14.6 Å². The van der Waals surface area contributed by atoms with E-state index in [0.29, 0.717) is 19.4 Å². The number of benzene rings is 2. The van der Waals surface area contributed by atoms with Gasteiger partial charge < -0.3 is 0 Å². The molecule has 27 heavy (non-hydrogen) atoms. The number of rotatable bonds is 6. The van der Waals surface area contributed by atoms with E-state index in [0.717, 1.165) is 17.7 Å². The number of carbonyl (C=O) groups excluding carboxylic acids is 2. The van der Waals surface area contributed by atoms with Gasteiger partial charge in [0, 0.05) is 25.1 Å². The van der Waals surface area contributed by atoms with E-state index < -0.39 is 5.92 Å². The third-order valence-electron chi connectivity index (χ3n) is 5.07. The smallest absolute Gasteiger partial charge is 0.153 e. The Morgan fingerprint density at radius 3 is 2.19 bits per heavy atom. The summed E-state index contributed by atoms with van der Waals surface area (Å²) >= 11 is 0. The molecule has 1 saturated carbocycles. The molecule has 2 aromatic carbocycles. The fourth-order valence-corrected chi connectivity index (χ4v) is 3.80. The number of aliphatic imine (C=N–C) groups is 1. The van der Waals surface area contributed by atoms with Crippen LogP contribution in [0.3, 0.4) is 0 Å². The van der Waals surface area contributed by atoms with E-state index in [1.54, 1.807) is 0 Å². The molecule has 3 heteroatoms. The number of ketones is 2. The van der Waals surface area contributed by atoms with Gasteiger partial charge in [-0.05, 0) is 29.4 Å². The molecule has 0 radical (unpaired) electrons. The van der Waals surface area contributed by atoms with Gasteiger partial charge in [-0.1, -0.05) is 74.5 Å². The summed E-state index contributed by atoms with van der Waals surface area (Å²) < 4.78 is 0. The number of hydrogen-bond donors (Lipinski definition) is 0. The van der Waals surface area contributed by atoms with Crippen molar-refractivity contribution in [1.29, 1.82) is 0 Å². The number of nitrogens with zero attached hydrogens (tertiary/aromatic N) is 1. The van der Waals surface area contributed by atoms with E-state index in [1.807, 2.05) is 48.5 Å². The maximum atomic E-state index is 12.9. The maximum absolute atomic E-state index is 12.9. The molecule has 1 unspecified atom stereocenters. The van der Waals surface area contributed by atoms with Crippen molar-refractivity contribution < 1.29 is 9.59 Å². The molecule has 0 spiro atoms. The summed E-state index contributed by atoms with van der Waals surface area (Å²) in [5, 5.41) is 0. The normalized spacial score (nSPS) is 20.6. The van der Waals surface area contributed by atoms with Crippen molar-refractivity contribution in [3.63, 3.8) is 0 Å². The Balaban J connectivity index is 1.76. The van der Waals surface area contributed by atoms with Crippen molar-refractivity contribution in [3.05, 3.63) is 71.8 Å². The summed E-state index contributed by atoms with van der Waals surface area (Å²) in [6.07, 6.45) is 2.25. The second-order valence-corrected chi connectivity index (χ2v) is 8.15. The molecular formula is C24H27NO2. The second kappa shape index (κ2) is 8.43. The van der Waals surface area contributed by atoms with Gasteiger partial charge in [-0.15, -0.1) is 0 Å². The maximum Gasteiger partial charge on any atom is 0.153 e. The molecule has 0 bridgehead atoms. The molecule has 0 heterocycles. The average molecular weight is 361 g/mol. The molecule has 0 saturated heterocycles. The molecular weight excluding hydrogens is 334 g/mol. The fourth-order valence-electron chi connectivity index (χ4n) is 3.80. The molecule has 0 amide bonds. The first-order chi connectivity index (χ1) is 12.9. The summed E-state index contributed by atoms with van der Waals surface area (Å²) in [6, 6.07) is 19.8. The van der Waals surface area contributed by atoms with E-state index in [-0.39, 0.29) is 23.4 Å². The zero-order valence-corrected chi connectivity index (χ0v) is 16.2. The minimum absolute atomic E-state index is 0.0191. The van der Waals surface area contributed by atoms with Crippen LogP contribution < -0.4 is 0 Å². The number of hydrogen-bond acceptors (Lipinski definition) is 3. The van der Waals surface area contributed by atoms with Gasteiger partial charge in [-0.2, -0.15) is 0 Å². The summed E-state index contributed by atoms with van der Waals surface area (Å²) in [7, 11) is 0. The third kappa shape index (κ3) is 5.22. The fraction of sp³-hybridized carbons (Fsp3) is 0.375. The molecule has 1 aliphatic rings. The Morgan fingerprint density at radius 1 is 0.963 bits per heavy atom. The first-order valence-electron chi connectivity index (χ1n) is 9.61. The van der Waals surface area contributed by atoms with Gasteiger partial charge >= 0.3 is 0 Å². The molecule has 3 rings (SSSR count). The highest BCUT2D eigenvalue weighted by Crippen LogP contribution is 2.35. The minimum Gasteiger partial charge on any atom is -0.298 e. The Bertz CT molecular complexity index is 822. The Kier molecular flexibility index (Phi) is 6.00. The van der Waals surface area contributed by atoms with Crippen molar-refractivity contribution in [2.24, 2.45) is 16.3 Å². The second-order valence-electron chi connectivity index (χ2n) is 8.15. The molecule has 0 aromatic heterocycles. The topological polar surface area (TPSA) is 46.5 Å². The first-order valence-corrected chi connectivity index (χ1v) is 9.61. The van der Waals surface area contributed by atoms with Gasteiger partial charge in [0.25, 0.3) is 0 Å². The lowest BCUT2D eigenvalue weighted by Gasteiger charge is -2.34. The Morgan fingerprint density at radius 2 is 1.56 bits per heavy atom. The lowest BCUT2D eigenvalue weighted by atomic mass is 9.69. The minimum atomic E-state index is -0.672. The van der Waals surface area contributed by atoms with Crippen LogP contribution in [0.15, 0.2) is 65.7 Å². The van der Waals surface area contributed by atoms with Crippen molar-refractivity contribution >= 4 is 17.3 Å². The van der Waals surface area contributed by atoms with Gasteiger partial charge in [0.05, 0.1) is 0 Å². The first kappa shape index (κ1) is 19.2. The highest BCUT2D eigenvalue weighted by Gasteiger charge is 2.41. The largest absolute Gasteiger partial charge is 0.298 e. The van der Waals surface area contributed by atoms with E-state index in [9.17, 15) is 9.59 Å². The number of carbonyl (C=O) groups is 2. The third-order valence-corrected chi connectivity index (χ3v) is 5.07. The van der Waals surface area contributed by atoms with Crippen LogP contribution in [0.25, 0.3) is 0 Å². The Hall–Kier alpha value is -2.55. The van der Waals surface area contributed by atoms with E-state index in [2.05, 4.69) is 26.0 Å². The van der Waals surface area contributed by atoms with Gasteiger partial charge in [0.2, 0.25) is 0 Å². The lowest BCUT2D eigenvalue weighted by Crippen LogP contribution is -2.42. The van der Waals surface area contributed by atoms with Crippen molar-refractivity contribution in [3.8, 4) is 0 Å². The predicted molar refractivity (Wildman–Crippen MR) is 109 cm³/mol. The molecule has 0 N–H and O–H groups in total.